The second-order valence-corrected chi connectivity index (χ2v) is 8.23. The Bertz CT molecular complexity index is 673. The molecule has 33 heavy (non-hydrogen) atoms. The summed E-state index contributed by atoms with van der Waals surface area (Å²) < 4.78 is 0. The molecule has 0 saturated carbocycles. The highest BCUT2D eigenvalue weighted by Gasteiger charge is 2.30. The van der Waals surface area contributed by atoms with Gasteiger partial charge in [-0.1, -0.05) is 13.8 Å². The molecule has 0 aromatic rings. The predicted octanol–water partition coefficient (Wildman–Crippen LogP) is -2.71. The van der Waals surface area contributed by atoms with E-state index in [0.29, 0.717) is 19.4 Å². The Labute approximate surface area is 193 Å². The average Bonchev–Trinajstić information content (AvgIpc) is 2.73. The van der Waals surface area contributed by atoms with Crippen LogP contribution in [0.2, 0.25) is 0 Å². The van der Waals surface area contributed by atoms with Gasteiger partial charge in [-0.25, -0.2) is 4.79 Å². The normalized spacial score (nSPS) is 14.6. The molecule has 0 aromatic heterocycles. The number of unbranched alkanes of at least 4 members (excludes halogenated alkanes) is 1. The van der Waals surface area contributed by atoms with Crippen LogP contribution in [-0.2, 0) is 24.0 Å². The number of rotatable bonds is 17. The Morgan fingerprint density at radius 1 is 0.848 bits per heavy atom. The molecule has 0 heterocycles. The lowest BCUT2D eigenvalue weighted by Crippen LogP contribution is -2.57. The molecular weight excluding hydrogens is 436 g/mol. The zero-order valence-electron chi connectivity index (χ0n) is 19.2. The summed E-state index contributed by atoms with van der Waals surface area (Å²) in [5, 5.41) is 25.7. The van der Waals surface area contributed by atoms with E-state index >= 15 is 0 Å². The summed E-state index contributed by atoms with van der Waals surface area (Å²) in [5.41, 5.74) is 16.1. The first-order valence-electron chi connectivity index (χ1n) is 10.9. The van der Waals surface area contributed by atoms with Gasteiger partial charge in [-0.05, 0) is 44.6 Å². The monoisotopic (exact) mass is 474 g/mol. The number of primary amides is 1. The first kappa shape index (κ1) is 30.2. The Balaban J connectivity index is 5.48. The van der Waals surface area contributed by atoms with Gasteiger partial charge in [0.1, 0.15) is 24.2 Å². The van der Waals surface area contributed by atoms with Crippen molar-refractivity contribution in [3.05, 3.63) is 0 Å². The summed E-state index contributed by atoms with van der Waals surface area (Å²) in [6.45, 7) is 3.38. The number of hydrogen-bond donors (Lipinski definition) is 8. The van der Waals surface area contributed by atoms with Gasteiger partial charge in [-0.3, -0.25) is 19.2 Å². The quantitative estimate of drug-likeness (QED) is 0.102. The lowest BCUT2D eigenvalue weighted by Gasteiger charge is -2.25. The summed E-state index contributed by atoms with van der Waals surface area (Å²) in [6.07, 6.45) is 0.991. The minimum absolute atomic E-state index is 0.0248. The van der Waals surface area contributed by atoms with Gasteiger partial charge in [0.2, 0.25) is 23.6 Å². The lowest BCUT2D eigenvalue weighted by molar-refractivity contribution is -0.142. The van der Waals surface area contributed by atoms with E-state index in [1.165, 1.54) is 0 Å². The topological polar surface area (TPSA) is 240 Å². The third kappa shape index (κ3) is 12.7. The van der Waals surface area contributed by atoms with Crippen molar-refractivity contribution in [2.24, 2.45) is 23.1 Å². The molecule has 190 valence electrons. The highest BCUT2D eigenvalue weighted by Crippen LogP contribution is 2.08. The molecule has 11 N–H and O–H groups in total. The summed E-state index contributed by atoms with van der Waals surface area (Å²) in [7, 11) is 0. The van der Waals surface area contributed by atoms with Crippen LogP contribution in [0.1, 0.15) is 52.4 Å². The number of carboxylic acid groups (broad SMARTS) is 1. The molecule has 4 unspecified atom stereocenters. The van der Waals surface area contributed by atoms with Crippen molar-refractivity contribution in [3.63, 3.8) is 0 Å². The van der Waals surface area contributed by atoms with Crippen molar-refractivity contribution < 1.29 is 34.2 Å². The van der Waals surface area contributed by atoms with Crippen LogP contribution >= 0.6 is 0 Å². The number of carbonyl (C=O) groups is 5. The van der Waals surface area contributed by atoms with Gasteiger partial charge in [0.25, 0.3) is 0 Å². The van der Waals surface area contributed by atoms with Gasteiger partial charge in [0.15, 0.2) is 0 Å². The van der Waals surface area contributed by atoms with E-state index < -0.39 is 60.4 Å². The fourth-order valence-electron chi connectivity index (χ4n) is 2.91. The summed E-state index contributed by atoms with van der Waals surface area (Å²) in [5.74, 6) is -4.25. The van der Waals surface area contributed by atoms with Crippen LogP contribution in [0.15, 0.2) is 0 Å². The predicted molar refractivity (Wildman–Crippen MR) is 119 cm³/mol. The van der Waals surface area contributed by atoms with Crippen molar-refractivity contribution in [3.8, 4) is 0 Å². The zero-order chi connectivity index (χ0) is 25.6. The maximum absolute atomic E-state index is 12.9. The van der Waals surface area contributed by atoms with Gasteiger partial charge in [-0.2, -0.15) is 0 Å². The molecule has 0 bridgehead atoms. The van der Waals surface area contributed by atoms with Crippen molar-refractivity contribution in [1.82, 2.24) is 16.0 Å². The smallest absolute Gasteiger partial charge is 0.326 e. The number of nitrogens with one attached hydrogen (secondary N) is 3. The van der Waals surface area contributed by atoms with E-state index in [1.54, 1.807) is 0 Å². The number of carboxylic acids is 1. The third-order valence-electron chi connectivity index (χ3n) is 4.75. The molecule has 4 atom stereocenters. The first-order valence-corrected chi connectivity index (χ1v) is 10.9. The van der Waals surface area contributed by atoms with Crippen LogP contribution in [0.4, 0.5) is 0 Å². The summed E-state index contributed by atoms with van der Waals surface area (Å²) in [6, 6.07) is -4.77. The number of nitrogens with two attached hydrogens (primary N) is 3. The molecule has 0 aromatic carbocycles. The highest BCUT2D eigenvalue weighted by molar-refractivity contribution is 5.94. The number of hydrogen-bond acceptors (Lipinski definition) is 8. The number of carbonyl (C=O) groups excluding carboxylic acids is 4. The molecule has 0 aliphatic carbocycles. The van der Waals surface area contributed by atoms with Gasteiger partial charge >= 0.3 is 5.97 Å². The standard InChI is InChI=1S/C20H38N6O7/c1-11(2)9-15(26-17(29)12(22)10-27)19(31)24-13(6-7-16(23)28)18(30)25-14(20(32)33)5-3-4-8-21/h11-15,27H,3-10,21-22H2,1-2H3,(H2,23,28)(H,24,31)(H,25,30)(H,26,29)(H,32,33). The van der Waals surface area contributed by atoms with Crippen molar-refractivity contribution in [2.45, 2.75) is 76.5 Å². The second kappa shape index (κ2) is 15.9. The Hall–Kier alpha value is -2.77. The van der Waals surface area contributed by atoms with Crippen LogP contribution in [0.25, 0.3) is 0 Å². The fourth-order valence-corrected chi connectivity index (χ4v) is 2.91. The second-order valence-electron chi connectivity index (χ2n) is 8.23. The van der Waals surface area contributed by atoms with Gasteiger partial charge < -0.3 is 43.4 Å². The molecule has 4 amide bonds. The van der Waals surface area contributed by atoms with Crippen LogP contribution in [0, 0.1) is 5.92 Å². The molecule has 0 aliphatic heterocycles. The van der Waals surface area contributed by atoms with Crippen LogP contribution < -0.4 is 33.2 Å². The summed E-state index contributed by atoms with van der Waals surface area (Å²) >= 11 is 0. The highest BCUT2D eigenvalue weighted by atomic mass is 16.4. The van der Waals surface area contributed by atoms with E-state index in [9.17, 15) is 29.1 Å². The first-order chi connectivity index (χ1) is 15.4. The van der Waals surface area contributed by atoms with E-state index in [-0.39, 0.29) is 31.6 Å². The molecule has 13 nitrogen and oxygen atoms in total. The number of amides is 4. The minimum Gasteiger partial charge on any atom is -0.480 e. The molecule has 13 heteroatoms. The maximum Gasteiger partial charge on any atom is 0.326 e. The number of aliphatic hydroxyl groups is 1. The molecule has 0 radical (unpaired) electrons. The fraction of sp³-hybridized carbons (Fsp3) is 0.750. The average molecular weight is 475 g/mol. The van der Waals surface area contributed by atoms with Crippen molar-refractivity contribution in [2.75, 3.05) is 13.2 Å². The van der Waals surface area contributed by atoms with Crippen LogP contribution in [-0.4, -0.2) is 77.1 Å². The molecule has 0 spiro atoms. The van der Waals surface area contributed by atoms with Gasteiger partial charge in [0.05, 0.1) is 6.61 Å². The van der Waals surface area contributed by atoms with Crippen LogP contribution in [0.5, 0.6) is 0 Å². The van der Waals surface area contributed by atoms with E-state index in [4.69, 9.17) is 22.3 Å². The maximum atomic E-state index is 12.9. The number of aliphatic hydroxyl groups excluding tert-OH is 1. The minimum atomic E-state index is -1.26. The number of aliphatic carboxylic acids is 1. The molecule has 0 fully saturated rings. The Kier molecular flexibility index (Phi) is 14.6. The van der Waals surface area contributed by atoms with E-state index in [0.717, 1.165) is 0 Å². The molecule has 0 saturated heterocycles. The summed E-state index contributed by atoms with van der Waals surface area (Å²) in [4.78, 5) is 60.4. The zero-order valence-corrected chi connectivity index (χ0v) is 19.2. The lowest BCUT2D eigenvalue weighted by atomic mass is 10.0. The molecular formula is C20H38N6O7. The molecule has 0 aliphatic rings. The van der Waals surface area contributed by atoms with Crippen molar-refractivity contribution in [1.29, 1.82) is 0 Å². The third-order valence-corrected chi connectivity index (χ3v) is 4.75. The largest absolute Gasteiger partial charge is 0.480 e. The van der Waals surface area contributed by atoms with Crippen LogP contribution in [0.3, 0.4) is 0 Å². The van der Waals surface area contributed by atoms with E-state index in [2.05, 4.69) is 16.0 Å². The Morgan fingerprint density at radius 3 is 1.88 bits per heavy atom. The Morgan fingerprint density at radius 2 is 1.39 bits per heavy atom. The van der Waals surface area contributed by atoms with Gasteiger partial charge in [-0.15, -0.1) is 0 Å². The SMILES string of the molecule is CC(C)CC(NC(=O)C(N)CO)C(=O)NC(CCC(N)=O)C(=O)NC(CCCCN)C(=O)O. The van der Waals surface area contributed by atoms with E-state index in [1.807, 2.05) is 13.8 Å². The van der Waals surface area contributed by atoms with Gasteiger partial charge in [0, 0.05) is 6.42 Å². The molecule has 0 rings (SSSR count). The van der Waals surface area contributed by atoms with Crippen molar-refractivity contribution >= 4 is 29.6 Å².